The van der Waals surface area contributed by atoms with E-state index in [0.29, 0.717) is 29.3 Å². The second-order valence-corrected chi connectivity index (χ2v) is 8.61. The first-order chi connectivity index (χ1) is 16.6. The van der Waals surface area contributed by atoms with Crippen molar-refractivity contribution >= 4 is 27.7 Å². The van der Waals surface area contributed by atoms with Crippen molar-refractivity contribution in [3.63, 3.8) is 0 Å². The fraction of sp³-hybridized carbons (Fsp3) is 0.143. The van der Waals surface area contributed by atoms with Crippen LogP contribution in [0.2, 0.25) is 0 Å². The molecule has 34 heavy (non-hydrogen) atoms. The van der Waals surface area contributed by atoms with E-state index in [4.69, 9.17) is 14.2 Å². The van der Waals surface area contributed by atoms with Crippen molar-refractivity contribution in [2.24, 2.45) is 0 Å². The average molecular weight is 516 g/mol. The number of carbonyl (C=O) groups excluding carboxylic acids is 1. The van der Waals surface area contributed by atoms with Crippen LogP contribution >= 0.6 is 15.9 Å². The SMILES string of the molecule is COc1ccc(C2=C(C#N)[C@H](c3ccc(Br)cc3)C/C(=C\C(=O)OCc3ccccc3)O2)cc1. The molecule has 0 bridgehead atoms. The zero-order chi connectivity index (χ0) is 23.9. The van der Waals surface area contributed by atoms with Gasteiger partial charge in [-0.1, -0.05) is 58.4 Å². The molecule has 0 amide bonds. The predicted molar refractivity (Wildman–Crippen MR) is 132 cm³/mol. The first-order valence-corrected chi connectivity index (χ1v) is 11.5. The largest absolute Gasteiger partial charge is 0.497 e. The Morgan fingerprint density at radius 2 is 1.79 bits per heavy atom. The lowest BCUT2D eigenvalue weighted by Gasteiger charge is -2.27. The van der Waals surface area contributed by atoms with Crippen molar-refractivity contribution in [2.45, 2.75) is 18.9 Å². The van der Waals surface area contributed by atoms with Crippen LogP contribution in [-0.2, 0) is 20.9 Å². The van der Waals surface area contributed by atoms with Gasteiger partial charge in [0.1, 0.15) is 23.9 Å². The van der Waals surface area contributed by atoms with Gasteiger partial charge in [0, 0.05) is 22.4 Å². The zero-order valence-electron chi connectivity index (χ0n) is 18.5. The number of esters is 1. The van der Waals surface area contributed by atoms with Gasteiger partial charge in [-0.05, 0) is 47.5 Å². The molecule has 0 unspecified atom stereocenters. The molecule has 5 nitrogen and oxygen atoms in total. The maximum absolute atomic E-state index is 12.6. The summed E-state index contributed by atoms with van der Waals surface area (Å²) in [7, 11) is 1.59. The van der Waals surface area contributed by atoms with Gasteiger partial charge in [0.15, 0.2) is 0 Å². The standard InChI is InChI=1S/C28H22BrNO4/c1-32-23-13-9-21(10-14-23)28-26(17-30)25(20-7-11-22(29)12-8-20)15-24(34-28)16-27(31)33-18-19-5-3-2-4-6-19/h2-14,16,25H,15,18H2,1H3/b24-16+/t25-/m0/s1. The molecule has 0 aliphatic carbocycles. The van der Waals surface area contributed by atoms with Crippen LogP contribution in [0.4, 0.5) is 0 Å². The smallest absolute Gasteiger partial charge is 0.334 e. The molecule has 170 valence electrons. The van der Waals surface area contributed by atoms with Gasteiger partial charge in [0.05, 0.1) is 24.8 Å². The van der Waals surface area contributed by atoms with E-state index in [9.17, 15) is 10.1 Å². The van der Waals surface area contributed by atoms with E-state index in [0.717, 1.165) is 21.2 Å². The number of rotatable bonds is 6. The van der Waals surface area contributed by atoms with E-state index in [1.54, 1.807) is 19.2 Å². The Bertz CT molecular complexity index is 1260. The Hall–Kier alpha value is -3.82. The molecule has 1 aliphatic heterocycles. The molecule has 0 spiro atoms. The number of halogens is 1. The molecule has 0 aromatic heterocycles. The number of allylic oxidation sites excluding steroid dienone is 2. The predicted octanol–water partition coefficient (Wildman–Crippen LogP) is 6.52. The minimum atomic E-state index is -0.497. The summed E-state index contributed by atoms with van der Waals surface area (Å²) in [5.74, 6) is 0.797. The van der Waals surface area contributed by atoms with Crippen LogP contribution < -0.4 is 4.74 Å². The van der Waals surface area contributed by atoms with Gasteiger partial charge in [-0.2, -0.15) is 5.26 Å². The Labute approximate surface area is 207 Å². The highest BCUT2D eigenvalue weighted by atomic mass is 79.9. The van der Waals surface area contributed by atoms with Gasteiger partial charge in [-0.25, -0.2) is 4.79 Å². The van der Waals surface area contributed by atoms with E-state index >= 15 is 0 Å². The molecule has 3 aromatic rings. The molecule has 6 heteroatoms. The minimum Gasteiger partial charge on any atom is -0.497 e. The van der Waals surface area contributed by atoms with Gasteiger partial charge >= 0.3 is 5.97 Å². The van der Waals surface area contributed by atoms with Gasteiger partial charge in [-0.3, -0.25) is 0 Å². The summed E-state index contributed by atoms with van der Waals surface area (Å²) in [5, 5.41) is 10.1. The maximum atomic E-state index is 12.6. The van der Waals surface area contributed by atoms with Crippen LogP contribution in [0, 0.1) is 11.3 Å². The minimum absolute atomic E-state index is 0.171. The van der Waals surface area contributed by atoms with E-state index in [1.807, 2.05) is 66.7 Å². The summed E-state index contributed by atoms with van der Waals surface area (Å²) in [6, 6.07) is 26.9. The molecule has 0 saturated carbocycles. The number of carbonyl (C=O) groups is 1. The third kappa shape index (κ3) is 5.56. The average Bonchev–Trinajstić information content (AvgIpc) is 2.88. The highest BCUT2D eigenvalue weighted by Crippen LogP contribution is 2.42. The lowest BCUT2D eigenvalue weighted by molar-refractivity contribution is -0.139. The Kier molecular flexibility index (Phi) is 7.46. The van der Waals surface area contributed by atoms with Crippen LogP contribution in [0.5, 0.6) is 5.75 Å². The first-order valence-electron chi connectivity index (χ1n) is 10.7. The summed E-state index contributed by atoms with van der Waals surface area (Å²) in [4.78, 5) is 12.6. The number of nitrogens with zero attached hydrogens (tertiary/aromatic N) is 1. The number of benzene rings is 3. The fourth-order valence-corrected chi connectivity index (χ4v) is 4.01. The quantitative estimate of drug-likeness (QED) is 0.276. The van der Waals surface area contributed by atoms with E-state index in [2.05, 4.69) is 22.0 Å². The summed E-state index contributed by atoms with van der Waals surface area (Å²) in [6.45, 7) is 0.171. The fourth-order valence-electron chi connectivity index (χ4n) is 3.74. The van der Waals surface area contributed by atoms with E-state index < -0.39 is 5.97 Å². The number of hydrogen-bond donors (Lipinski definition) is 0. The number of hydrogen-bond acceptors (Lipinski definition) is 5. The van der Waals surface area contributed by atoms with Crippen LogP contribution in [0.3, 0.4) is 0 Å². The molecule has 0 radical (unpaired) electrons. The Morgan fingerprint density at radius 1 is 1.09 bits per heavy atom. The molecule has 0 fully saturated rings. The van der Waals surface area contributed by atoms with Crippen LogP contribution in [-0.4, -0.2) is 13.1 Å². The Balaban J connectivity index is 1.67. The van der Waals surface area contributed by atoms with Crippen LogP contribution in [0.25, 0.3) is 5.76 Å². The Morgan fingerprint density at radius 3 is 2.44 bits per heavy atom. The highest BCUT2D eigenvalue weighted by molar-refractivity contribution is 9.10. The monoisotopic (exact) mass is 515 g/mol. The van der Waals surface area contributed by atoms with Crippen molar-refractivity contribution in [3.8, 4) is 11.8 Å². The maximum Gasteiger partial charge on any atom is 0.334 e. The van der Waals surface area contributed by atoms with Crippen molar-refractivity contribution in [1.82, 2.24) is 0 Å². The van der Waals surface area contributed by atoms with Crippen LogP contribution in [0.15, 0.2) is 101 Å². The van der Waals surface area contributed by atoms with Gasteiger partial charge in [0.25, 0.3) is 0 Å². The lowest BCUT2D eigenvalue weighted by Crippen LogP contribution is -2.15. The molecular formula is C28H22BrNO4. The van der Waals surface area contributed by atoms with Crippen LogP contribution in [0.1, 0.15) is 29.0 Å². The second kappa shape index (κ2) is 10.9. The summed E-state index contributed by atoms with van der Waals surface area (Å²) < 4.78 is 17.7. The number of methoxy groups -OCH3 is 1. The molecule has 1 atom stereocenters. The van der Waals surface area contributed by atoms with Crippen molar-refractivity contribution in [3.05, 3.63) is 117 Å². The molecule has 4 rings (SSSR count). The van der Waals surface area contributed by atoms with Gasteiger partial charge in [-0.15, -0.1) is 0 Å². The summed E-state index contributed by atoms with van der Waals surface area (Å²) >= 11 is 3.46. The normalized spacial score (nSPS) is 16.5. The van der Waals surface area contributed by atoms with E-state index in [1.165, 1.54) is 6.08 Å². The molecule has 1 heterocycles. The summed E-state index contributed by atoms with van der Waals surface area (Å²) in [5.41, 5.74) is 3.08. The molecule has 3 aromatic carbocycles. The molecule has 0 saturated heterocycles. The summed E-state index contributed by atoms with van der Waals surface area (Å²) in [6.07, 6.45) is 1.73. The zero-order valence-corrected chi connectivity index (χ0v) is 20.1. The van der Waals surface area contributed by atoms with Crippen molar-refractivity contribution in [2.75, 3.05) is 7.11 Å². The van der Waals surface area contributed by atoms with Crippen molar-refractivity contribution < 1.29 is 19.0 Å². The highest BCUT2D eigenvalue weighted by Gasteiger charge is 2.30. The number of ether oxygens (including phenoxy) is 3. The lowest BCUT2D eigenvalue weighted by atomic mass is 9.84. The van der Waals surface area contributed by atoms with E-state index in [-0.39, 0.29) is 12.5 Å². The number of nitriles is 1. The van der Waals surface area contributed by atoms with Crippen molar-refractivity contribution in [1.29, 1.82) is 5.26 Å². The second-order valence-electron chi connectivity index (χ2n) is 7.70. The molecular weight excluding hydrogens is 494 g/mol. The third-order valence-electron chi connectivity index (χ3n) is 5.48. The first kappa shape index (κ1) is 23.3. The topological polar surface area (TPSA) is 68.5 Å². The molecule has 1 aliphatic rings. The van der Waals surface area contributed by atoms with Gasteiger partial charge < -0.3 is 14.2 Å². The molecule has 0 N–H and O–H groups in total. The van der Waals surface area contributed by atoms with Gasteiger partial charge in [0.2, 0.25) is 0 Å². The third-order valence-corrected chi connectivity index (χ3v) is 6.01.